The smallest absolute Gasteiger partial charge is 0.434 e. The summed E-state index contributed by atoms with van der Waals surface area (Å²) >= 11 is 1.00. The van der Waals surface area contributed by atoms with Gasteiger partial charge in [-0.3, -0.25) is 4.99 Å². The number of ether oxygens (including phenoxy) is 2. The van der Waals surface area contributed by atoms with Gasteiger partial charge < -0.3 is 20.1 Å². The van der Waals surface area contributed by atoms with Crippen molar-refractivity contribution >= 4 is 41.3 Å². The van der Waals surface area contributed by atoms with E-state index in [0.29, 0.717) is 37.1 Å². The predicted octanol–water partition coefficient (Wildman–Crippen LogP) is 4.41. The van der Waals surface area contributed by atoms with E-state index in [4.69, 9.17) is 9.47 Å². The average molecular weight is 570 g/mol. The summed E-state index contributed by atoms with van der Waals surface area (Å²) in [5.74, 6) is 2.22. The summed E-state index contributed by atoms with van der Waals surface area (Å²) < 4.78 is 49.5. The average Bonchev–Trinajstić information content (AvgIpc) is 3.30. The van der Waals surface area contributed by atoms with Gasteiger partial charge in [0.2, 0.25) is 0 Å². The molecule has 1 atom stereocenters. The molecule has 0 amide bonds. The number of aliphatic imine (C=N–C) groups is 1. The Bertz CT molecular complexity index is 905. The van der Waals surface area contributed by atoms with Gasteiger partial charge >= 0.3 is 6.18 Å². The van der Waals surface area contributed by atoms with Crippen LogP contribution in [0.4, 0.5) is 13.2 Å². The standard InChI is InChI=1S/C20H25F3N4O2S.HI/c1-4-28-15-8-13-7-12(2)29-16(13)9-14(15)10-26-19(24-3)25-6-5-18-27-17(11-30-18)20(21,22)23;/h8-9,11-12H,4-7,10H2,1-3H3,(H2,24,25,26);1H. The van der Waals surface area contributed by atoms with Gasteiger partial charge in [-0.1, -0.05) is 0 Å². The van der Waals surface area contributed by atoms with E-state index in [-0.39, 0.29) is 30.1 Å². The van der Waals surface area contributed by atoms with Gasteiger partial charge in [-0.15, -0.1) is 35.3 Å². The second-order valence-electron chi connectivity index (χ2n) is 6.86. The maximum Gasteiger partial charge on any atom is 0.434 e. The molecular weight excluding hydrogens is 544 g/mol. The summed E-state index contributed by atoms with van der Waals surface area (Å²) in [5, 5.41) is 7.77. The monoisotopic (exact) mass is 570 g/mol. The quantitative estimate of drug-likeness (QED) is 0.294. The fourth-order valence-corrected chi connectivity index (χ4v) is 3.96. The van der Waals surface area contributed by atoms with Crippen LogP contribution in [0.2, 0.25) is 0 Å². The SMILES string of the molecule is CCOc1cc2c(cc1CNC(=NC)NCCc1nc(C(F)(F)F)cs1)OC(C)C2.I. The number of benzene rings is 1. The molecule has 1 aromatic heterocycles. The highest BCUT2D eigenvalue weighted by Gasteiger charge is 2.33. The number of halogens is 4. The number of thiazole rings is 1. The summed E-state index contributed by atoms with van der Waals surface area (Å²) in [6, 6.07) is 4.01. The zero-order chi connectivity index (χ0) is 21.7. The molecule has 1 unspecified atom stereocenters. The van der Waals surface area contributed by atoms with Gasteiger partial charge in [0, 0.05) is 49.5 Å². The Morgan fingerprint density at radius 1 is 1.35 bits per heavy atom. The summed E-state index contributed by atoms with van der Waals surface area (Å²) in [7, 11) is 1.64. The molecule has 0 spiro atoms. The first-order valence-corrected chi connectivity index (χ1v) is 10.6. The van der Waals surface area contributed by atoms with E-state index in [1.54, 1.807) is 7.05 Å². The Labute approximate surface area is 200 Å². The molecule has 6 nitrogen and oxygen atoms in total. The zero-order valence-electron chi connectivity index (χ0n) is 17.5. The molecule has 1 aliphatic heterocycles. The number of hydrogen-bond donors (Lipinski definition) is 2. The number of fused-ring (bicyclic) bond motifs is 1. The third-order valence-corrected chi connectivity index (χ3v) is 5.43. The first-order valence-electron chi connectivity index (χ1n) is 9.71. The molecule has 1 aliphatic rings. The molecule has 11 heteroatoms. The fourth-order valence-electron chi connectivity index (χ4n) is 3.15. The third-order valence-electron chi connectivity index (χ3n) is 4.52. The Morgan fingerprint density at radius 3 is 2.77 bits per heavy atom. The van der Waals surface area contributed by atoms with Crippen molar-refractivity contribution in [2.45, 2.75) is 45.5 Å². The molecule has 31 heavy (non-hydrogen) atoms. The van der Waals surface area contributed by atoms with E-state index in [2.05, 4.69) is 20.6 Å². The van der Waals surface area contributed by atoms with Crippen LogP contribution in [-0.2, 0) is 25.6 Å². The van der Waals surface area contributed by atoms with Crippen molar-refractivity contribution in [3.63, 3.8) is 0 Å². The highest BCUT2D eigenvalue weighted by Crippen LogP contribution is 2.35. The Hall–Kier alpha value is -1.76. The largest absolute Gasteiger partial charge is 0.494 e. The minimum absolute atomic E-state index is 0. The number of nitrogens with one attached hydrogen (secondary N) is 2. The van der Waals surface area contributed by atoms with Crippen LogP contribution >= 0.6 is 35.3 Å². The van der Waals surface area contributed by atoms with Crippen LogP contribution in [0.15, 0.2) is 22.5 Å². The van der Waals surface area contributed by atoms with Crippen LogP contribution < -0.4 is 20.1 Å². The van der Waals surface area contributed by atoms with E-state index in [1.807, 2.05) is 26.0 Å². The molecule has 2 heterocycles. The number of hydrogen-bond acceptors (Lipinski definition) is 5. The lowest BCUT2D eigenvalue weighted by Gasteiger charge is -2.15. The van der Waals surface area contributed by atoms with E-state index in [0.717, 1.165) is 45.8 Å². The molecule has 0 radical (unpaired) electrons. The van der Waals surface area contributed by atoms with E-state index in [1.165, 1.54) is 0 Å². The second kappa shape index (κ2) is 11.2. The number of rotatable bonds is 7. The van der Waals surface area contributed by atoms with Gasteiger partial charge in [0.1, 0.15) is 17.6 Å². The highest BCUT2D eigenvalue weighted by molar-refractivity contribution is 14.0. The highest BCUT2D eigenvalue weighted by atomic mass is 127. The van der Waals surface area contributed by atoms with Crippen LogP contribution in [0.25, 0.3) is 0 Å². The van der Waals surface area contributed by atoms with Crippen LogP contribution in [0.1, 0.15) is 35.7 Å². The fraction of sp³-hybridized carbons (Fsp3) is 0.500. The van der Waals surface area contributed by atoms with Gasteiger partial charge in [0.05, 0.1) is 11.6 Å². The molecule has 2 N–H and O–H groups in total. The van der Waals surface area contributed by atoms with E-state index < -0.39 is 11.9 Å². The normalized spacial score (nSPS) is 15.7. The van der Waals surface area contributed by atoms with Gasteiger partial charge in [0.25, 0.3) is 0 Å². The lowest BCUT2D eigenvalue weighted by atomic mass is 10.1. The second-order valence-corrected chi connectivity index (χ2v) is 7.80. The van der Waals surface area contributed by atoms with Crippen LogP contribution in [0, 0.1) is 0 Å². The molecule has 0 bridgehead atoms. The molecule has 0 saturated heterocycles. The van der Waals surface area contributed by atoms with Crippen molar-refractivity contribution in [3.8, 4) is 11.5 Å². The molecule has 0 saturated carbocycles. The van der Waals surface area contributed by atoms with Crippen LogP contribution in [0.5, 0.6) is 11.5 Å². The van der Waals surface area contributed by atoms with Crippen molar-refractivity contribution in [3.05, 3.63) is 39.3 Å². The Morgan fingerprint density at radius 2 is 2.13 bits per heavy atom. The van der Waals surface area contributed by atoms with E-state index in [9.17, 15) is 13.2 Å². The summed E-state index contributed by atoms with van der Waals surface area (Å²) in [4.78, 5) is 7.80. The summed E-state index contributed by atoms with van der Waals surface area (Å²) in [5.41, 5.74) is 1.24. The minimum atomic E-state index is -4.41. The number of guanidine groups is 1. The van der Waals surface area contributed by atoms with Crippen LogP contribution in [0.3, 0.4) is 0 Å². The first-order chi connectivity index (χ1) is 14.3. The van der Waals surface area contributed by atoms with Gasteiger partial charge in [0.15, 0.2) is 11.7 Å². The van der Waals surface area contributed by atoms with Gasteiger partial charge in [-0.05, 0) is 26.0 Å². The van der Waals surface area contributed by atoms with Crippen molar-refractivity contribution in [2.75, 3.05) is 20.2 Å². The van der Waals surface area contributed by atoms with Crippen molar-refractivity contribution < 1.29 is 22.6 Å². The molecule has 172 valence electrons. The van der Waals surface area contributed by atoms with Gasteiger partial charge in [-0.25, -0.2) is 4.98 Å². The maximum absolute atomic E-state index is 12.6. The molecule has 1 aromatic carbocycles. The molecule has 3 rings (SSSR count). The lowest BCUT2D eigenvalue weighted by Crippen LogP contribution is -2.38. The zero-order valence-corrected chi connectivity index (χ0v) is 20.7. The Kier molecular flexibility index (Phi) is 9.22. The summed E-state index contributed by atoms with van der Waals surface area (Å²) in [6.45, 7) is 5.41. The Balaban J connectivity index is 0.00000341. The summed E-state index contributed by atoms with van der Waals surface area (Å²) in [6.07, 6.45) is -3.03. The minimum Gasteiger partial charge on any atom is -0.494 e. The molecular formula is C20H26F3IN4O2S. The number of alkyl halides is 3. The van der Waals surface area contributed by atoms with Crippen LogP contribution in [-0.4, -0.2) is 37.2 Å². The first kappa shape index (κ1) is 25.5. The molecule has 2 aromatic rings. The van der Waals surface area contributed by atoms with Crippen molar-refractivity contribution in [1.29, 1.82) is 0 Å². The predicted molar refractivity (Wildman–Crippen MR) is 126 cm³/mol. The molecule has 0 fully saturated rings. The lowest BCUT2D eigenvalue weighted by molar-refractivity contribution is -0.140. The molecule has 0 aliphatic carbocycles. The number of aromatic nitrogens is 1. The topological polar surface area (TPSA) is 67.8 Å². The number of nitrogens with zero attached hydrogens (tertiary/aromatic N) is 2. The maximum atomic E-state index is 12.6. The van der Waals surface area contributed by atoms with Gasteiger partial charge in [-0.2, -0.15) is 13.2 Å². The third kappa shape index (κ3) is 6.86. The van der Waals surface area contributed by atoms with Crippen molar-refractivity contribution in [2.24, 2.45) is 4.99 Å². The van der Waals surface area contributed by atoms with Crippen molar-refractivity contribution in [1.82, 2.24) is 15.6 Å². The van der Waals surface area contributed by atoms with E-state index >= 15 is 0 Å².